The highest BCUT2D eigenvalue weighted by atomic mass is 16.5. The number of hydrogen-bond donors (Lipinski definition) is 0. The minimum Gasteiger partial charge on any atom is -0.497 e. The van der Waals surface area contributed by atoms with Gasteiger partial charge in [0.1, 0.15) is 11.5 Å². The van der Waals surface area contributed by atoms with E-state index in [4.69, 9.17) is 9.47 Å². The second-order valence-corrected chi connectivity index (χ2v) is 5.10. The lowest BCUT2D eigenvalue weighted by Crippen LogP contribution is -2.13. The van der Waals surface area contributed by atoms with Gasteiger partial charge in [0.2, 0.25) is 0 Å². The molecular formula is C18H20O3. The van der Waals surface area contributed by atoms with Crippen LogP contribution in [-0.4, -0.2) is 19.5 Å². The van der Waals surface area contributed by atoms with Crippen molar-refractivity contribution in [2.24, 2.45) is 0 Å². The fourth-order valence-electron chi connectivity index (χ4n) is 2.17. The van der Waals surface area contributed by atoms with Crippen LogP contribution < -0.4 is 9.47 Å². The molecule has 3 nitrogen and oxygen atoms in total. The molecule has 0 aromatic heterocycles. The average molecular weight is 284 g/mol. The van der Waals surface area contributed by atoms with E-state index in [1.54, 1.807) is 25.3 Å². The van der Waals surface area contributed by atoms with Gasteiger partial charge < -0.3 is 9.47 Å². The first kappa shape index (κ1) is 15.1. The standard InChI is InChI=1S/C18H20O3/c1-12-8-9-13(2)18(14(12)3)21-11-17(19)15-6-5-7-16(10-15)20-4/h5-10H,11H2,1-4H3. The molecular weight excluding hydrogens is 264 g/mol. The van der Waals surface area contributed by atoms with Crippen LogP contribution in [0.15, 0.2) is 36.4 Å². The van der Waals surface area contributed by atoms with Crippen molar-refractivity contribution in [3.8, 4) is 11.5 Å². The zero-order chi connectivity index (χ0) is 15.4. The summed E-state index contributed by atoms with van der Waals surface area (Å²) in [7, 11) is 1.58. The van der Waals surface area contributed by atoms with E-state index in [9.17, 15) is 4.79 Å². The predicted octanol–water partition coefficient (Wildman–Crippen LogP) is 3.88. The highest BCUT2D eigenvalue weighted by molar-refractivity contribution is 5.97. The molecule has 0 saturated carbocycles. The Kier molecular flexibility index (Phi) is 4.63. The van der Waals surface area contributed by atoms with Crippen molar-refractivity contribution >= 4 is 5.78 Å². The molecule has 2 aromatic carbocycles. The van der Waals surface area contributed by atoms with Gasteiger partial charge >= 0.3 is 0 Å². The van der Waals surface area contributed by atoms with Gasteiger partial charge in [0, 0.05) is 5.56 Å². The summed E-state index contributed by atoms with van der Waals surface area (Å²) in [5, 5.41) is 0. The largest absolute Gasteiger partial charge is 0.497 e. The Hall–Kier alpha value is -2.29. The van der Waals surface area contributed by atoms with Crippen molar-refractivity contribution in [3.63, 3.8) is 0 Å². The number of benzene rings is 2. The number of Topliss-reactive ketones (excluding diaryl/α,β-unsaturated/α-hetero) is 1. The van der Waals surface area contributed by atoms with Gasteiger partial charge in [-0.15, -0.1) is 0 Å². The lowest BCUT2D eigenvalue weighted by molar-refractivity contribution is 0.0920. The van der Waals surface area contributed by atoms with Crippen LogP contribution in [0.1, 0.15) is 27.0 Å². The molecule has 2 rings (SSSR count). The number of ketones is 1. The molecule has 0 heterocycles. The summed E-state index contributed by atoms with van der Waals surface area (Å²) in [5.41, 5.74) is 3.87. The maximum atomic E-state index is 12.2. The summed E-state index contributed by atoms with van der Waals surface area (Å²) in [6.45, 7) is 6.05. The first-order valence-electron chi connectivity index (χ1n) is 6.89. The maximum Gasteiger partial charge on any atom is 0.200 e. The fraction of sp³-hybridized carbons (Fsp3) is 0.278. The molecule has 21 heavy (non-hydrogen) atoms. The Morgan fingerprint density at radius 1 is 1.05 bits per heavy atom. The van der Waals surface area contributed by atoms with Crippen LogP contribution in [0.5, 0.6) is 11.5 Å². The van der Waals surface area contributed by atoms with Crippen molar-refractivity contribution in [1.29, 1.82) is 0 Å². The Labute approximate surface area is 125 Å². The van der Waals surface area contributed by atoms with Crippen LogP contribution in [0.4, 0.5) is 0 Å². The molecule has 0 N–H and O–H groups in total. The summed E-state index contributed by atoms with van der Waals surface area (Å²) < 4.78 is 10.9. The molecule has 0 aliphatic carbocycles. The zero-order valence-corrected chi connectivity index (χ0v) is 12.9. The highest BCUT2D eigenvalue weighted by Gasteiger charge is 2.11. The van der Waals surface area contributed by atoms with Crippen molar-refractivity contribution < 1.29 is 14.3 Å². The van der Waals surface area contributed by atoms with Gasteiger partial charge in [0.25, 0.3) is 0 Å². The number of rotatable bonds is 5. The van der Waals surface area contributed by atoms with E-state index in [0.717, 1.165) is 22.4 Å². The van der Waals surface area contributed by atoms with E-state index in [1.807, 2.05) is 32.9 Å². The van der Waals surface area contributed by atoms with E-state index < -0.39 is 0 Å². The molecule has 0 amide bonds. The third-order valence-electron chi connectivity index (χ3n) is 3.61. The lowest BCUT2D eigenvalue weighted by Gasteiger charge is -2.13. The van der Waals surface area contributed by atoms with Crippen LogP contribution in [0.3, 0.4) is 0 Å². The summed E-state index contributed by atoms with van der Waals surface area (Å²) in [4.78, 5) is 12.2. The predicted molar refractivity (Wildman–Crippen MR) is 83.5 cm³/mol. The second-order valence-electron chi connectivity index (χ2n) is 5.10. The van der Waals surface area contributed by atoms with Gasteiger partial charge in [0.05, 0.1) is 7.11 Å². The van der Waals surface area contributed by atoms with E-state index in [1.165, 1.54) is 0 Å². The van der Waals surface area contributed by atoms with Gasteiger partial charge in [-0.2, -0.15) is 0 Å². The number of aryl methyl sites for hydroxylation is 2. The topological polar surface area (TPSA) is 35.5 Å². The van der Waals surface area contributed by atoms with Gasteiger partial charge in [-0.3, -0.25) is 4.79 Å². The van der Waals surface area contributed by atoms with Crippen LogP contribution in [0.2, 0.25) is 0 Å². The van der Waals surface area contributed by atoms with Gasteiger partial charge in [-0.05, 0) is 49.6 Å². The van der Waals surface area contributed by atoms with Gasteiger partial charge in [-0.25, -0.2) is 0 Å². The minimum atomic E-state index is -0.0609. The molecule has 0 unspecified atom stereocenters. The summed E-state index contributed by atoms with van der Waals surface area (Å²) >= 11 is 0. The minimum absolute atomic E-state index is 0.0261. The maximum absolute atomic E-state index is 12.2. The Bertz CT molecular complexity index is 660. The van der Waals surface area contributed by atoms with Crippen molar-refractivity contribution in [2.75, 3.05) is 13.7 Å². The van der Waals surface area contributed by atoms with Crippen LogP contribution in [0.25, 0.3) is 0 Å². The zero-order valence-electron chi connectivity index (χ0n) is 12.9. The third kappa shape index (κ3) is 3.43. The molecule has 2 aromatic rings. The third-order valence-corrected chi connectivity index (χ3v) is 3.61. The Morgan fingerprint density at radius 3 is 2.48 bits per heavy atom. The first-order chi connectivity index (χ1) is 10.0. The Balaban J connectivity index is 2.13. The van der Waals surface area contributed by atoms with E-state index >= 15 is 0 Å². The van der Waals surface area contributed by atoms with E-state index in [0.29, 0.717) is 11.3 Å². The summed E-state index contributed by atoms with van der Waals surface area (Å²) in [5.74, 6) is 1.41. The van der Waals surface area contributed by atoms with Crippen LogP contribution in [0, 0.1) is 20.8 Å². The first-order valence-corrected chi connectivity index (χ1v) is 6.89. The monoisotopic (exact) mass is 284 g/mol. The van der Waals surface area contributed by atoms with Crippen molar-refractivity contribution in [2.45, 2.75) is 20.8 Å². The quantitative estimate of drug-likeness (QED) is 0.782. The fourth-order valence-corrected chi connectivity index (χ4v) is 2.17. The van der Waals surface area contributed by atoms with Gasteiger partial charge in [-0.1, -0.05) is 24.3 Å². The van der Waals surface area contributed by atoms with Gasteiger partial charge in [0.15, 0.2) is 12.4 Å². The lowest BCUT2D eigenvalue weighted by atomic mass is 10.1. The number of methoxy groups -OCH3 is 1. The molecule has 0 spiro atoms. The molecule has 0 aliphatic heterocycles. The molecule has 0 saturated heterocycles. The highest BCUT2D eigenvalue weighted by Crippen LogP contribution is 2.26. The average Bonchev–Trinajstić information content (AvgIpc) is 2.51. The molecule has 0 bridgehead atoms. The van der Waals surface area contributed by atoms with Crippen molar-refractivity contribution in [3.05, 3.63) is 58.7 Å². The smallest absolute Gasteiger partial charge is 0.200 e. The number of ether oxygens (including phenoxy) is 2. The second kappa shape index (κ2) is 6.44. The number of carbonyl (C=O) groups excluding carboxylic acids is 1. The van der Waals surface area contributed by atoms with Crippen LogP contribution in [-0.2, 0) is 0 Å². The molecule has 0 aliphatic rings. The van der Waals surface area contributed by atoms with E-state index in [-0.39, 0.29) is 12.4 Å². The summed E-state index contributed by atoms with van der Waals surface area (Å²) in [6, 6.07) is 11.2. The molecule has 0 radical (unpaired) electrons. The molecule has 0 atom stereocenters. The number of hydrogen-bond acceptors (Lipinski definition) is 3. The number of carbonyl (C=O) groups is 1. The van der Waals surface area contributed by atoms with Crippen LogP contribution >= 0.6 is 0 Å². The molecule has 110 valence electrons. The molecule has 0 fully saturated rings. The summed E-state index contributed by atoms with van der Waals surface area (Å²) in [6.07, 6.45) is 0. The van der Waals surface area contributed by atoms with Crippen molar-refractivity contribution in [1.82, 2.24) is 0 Å². The molecule has 3 heteroatoms. The SMILES string of the molecule is COc1cccc(C(=O)COc2c(C)ccc(C)c2C)c1. The Morgan fingerprint density at radius 2 is 1.76 bits per heavy atom. The van der Waals surface area contributed by atoms with E-state index in [2.05, 4.69) is 6.07 Å². The normalized spacial score (nSPS) is 10.3.